The summed E-state index contributed by atoms with van der Waals surface area (Å²) in [5.41, 5.74) is 0. The van der Waals surface area contributed by atoms with Crippen molar-refractivity contribution < 1.29 is 0 Å². The molecule has 0 aromatic heterocycles. The number of piperazine rings is 1. The maximum Gasteiger partial charge on any atom is 0.0163 e. The van der Waals surface area contributed by atoms with Gasteiger partial charge >= 0.3 is 0 Å². The van der Waals surface area contributed by atoms with Gasteiger partial charge in [-0.25, -0.2) is 0 Å². The van der Waals surface area contributed by atoms with Gasteiger partial charge in [0.15, 0.2) is 0 Å². The van der Waals surface area contributed by atoms with Gasteiger partial charge in [-0.05, 0) is 20.0 Å². The lowest BCUT2D eigenvalue weighted by Gasteiger charge is -2.32. The number of hydrogen-bond acceptors (Lipinski definition) is 3. The molecule has 1 fully saturated rings. The second kappa shape index (κ2) is 8.45. The first kappa shape index (κ1) is 14.4. The molecule has 98 valence electrons. The third kappa shape index (κ3) is 6.01. The zero-order valence-corrected chi connectivity index (χ0v) is 11.3. The number of likely N-dealkylation sites (N-methyl/N-ethyl adjacent to an activating group) is 1. The molecule has 0 N–H and O–H groups in total. The number of nitrogens with zero attached hydrogens (tertiary/aromatic N) is 3. The molecule has 0 spiro atoms. The molecule has 0 bridgehead atoms. The van der Waals surface area contributed by atoms with Gasteiger partial charge in [-0.1, -0.05) is 12.2 Å². The molecule has 3 nitrogen and oxygen atoms in total. The molecular weight excluding hydrogens is 210 g/mol. The molecule has 0 saturated carbocycles. The Labute approximate surface area is 106 Å². The van der Waals surface area contributed by atoms with Crippen LogP contribution in [0.1, 0.15) is 6.42 Å². The Balaban J connectivity index is 2.12. The van der Waals surface area contributed by atoms with Crippen molar-refractivity contribution in [1.29, 1.82) is 0 Å². The first-order valence-electron chi connectivity index (χ1n) is 6.61. The molecule has 1 rings (SSSR count). The maximum atomic E-state index is 3.80. The summed E-state index contributed by atoms with van der Waals surface area (Å²) < 4.78 is 0. The van der Waals surface area contributed by atoms with Crippen LogP contribution in [0.4, 0.5) is 0 Å². The second-order valence-electron chi connectivity index (χ2n) is 4.84. The van der Waals surface area contributed by atoms with E-state index in [4.69, 9.17) is 0 Å². The molecule has 0 amide bonds. The predicted molar refractivity (Wildman–Crippen MR) is 75.4 cm³/mol. The average Bonchev–Trinajstić information content (AvgIpc) is 2.32. The molecule has 0 aromatic carbocycles. The highest BCUT2D eigenvalue weighted by atomic mass is 15.2. The zero-order valence-electron chi connectivity index (χ0n) is 11.3. The summed E-state index contributed by atoms with van der Waals surface area (Å²) in [5, 5.41) is 0. The minimum atomic E-state index is 0.967. The SMILES string of the molecule is C=CCN(CC=C)CCCN1CCN(C)CC1. The molecule has 0 aliphatic carbocycles. The first-order chi connectivity index (χ1) is 8.26. The van der Waals surface area contributed by atoms with Gasteiger partial charge in [0.05, 0.1) is 0 Å². The van der Waals surface area contributed by atoms with Crippen LogP contribution in [-0.2, 0) is 0 Å². The summed E-state index contributed by atoms with van der Waals surface area (Å²) in [5.74, 6) is 0. The topological polar surface area (TPSA) is 9.72 Å². The van der Waals surface area contributed by atoms with E-state index in [0.717, 1.165) is 19.6 Å². The summed E-state index contributed by atoms with van der Waals surface area (Å²) in [6.45, 7) is 16.8. The van der Waals surface area contributed by atoms with Crippen molar-refractivity contribution in [3.8, 4) is 0 Å². The molecule has 1 saturated heterocycles. The monoisotopic (exact) mass is 237 g/mol. The minimum Gasteiger partial charge on any atom is -0.304 e. The minimum absolute atomic E-state index is 0.967. The van der Waals surface area contributed by atoms with Crippen LogP contribution in [0.5, 0.6) is 0 Å². The van der Waals surface area contributed by atoms with Crippen LogP contribution < -0.4 is 0 Å². The van der Waals surface area contributed by atoms with Crippen LogP contribution in [-0.4, -0.2) is 74.1 Å². The molecule has 0 unspecified atom stereocenters. The molecule has 1 heterocycles. The van der Waals surface area contributed by atoms with Gasteiger partial charge in [0, 0.05) is 45.8 Å². The number of hydrogen-bond donors (Lipinski definition) is 0. The van der Waals surface area contributed by atoms with Gasteiger partial charge in [-0.15, -0.1) is 13.2 Å². The maximum absolute atomic E-state index is 3.80. The Kier molecular flexibility index (Phi) is 7.17. The van der Waals surface area contributed by atoms with Gasteiger partial charge in [-0.2, -0.15) is 0 Å². The van der Waals surface area contributed by atoms with Crippen LogP contribution >= 0.6 is 0 Å². The summed E-state index contributed by atoms with van der Waals surface area (Å²) in [6.07, 6.45) is 5.18. The Morgan fingerprint density at radius 1 is 1.06 bits per heavy atom. The van der Waals surface area contributed by atoms with Crippen molar-refractivity contribution in [3.63, 3.8) is 0 Å². The van der Waals surface area contributed by atoms with E-state index in [2.05, 4.69) is 34.9 Å². The molecular formula is C14H27N3. The van der Waals surface area contributed by atoms with Crippen molar-refractivity contribution in [2.75, 3.05) is 59.4 Å². The van der Waals surface area contributed by atoms with E-state index in [1.54, 1.807) is 0 Å². The highest BCUT2D eigenvalue weighted by molar-refractivity contribution is 4.80. The quantitative estimate of drug-likeness (QED) is 0.589. The van der Waals surface area contributed by atoms with E-state index in [9.17, 15) is 0 Å². The van der Waals surface area contributed by atoms with E-state index in [1.165, 1.54) is 39.1 Å². The largest absolute Gasteiger partial charge is 0.304 e. The van der Waals surface area contributed by atoms with E-state index in [1.807, 2.05) is 12.2 Å². The smallest absolute Gasteiger partial charge is 0.0163 e. The van der Waals surface area contributed by atoms with Crippen LogP contribution in [0.3, 0.4) is 0 Å². The molecule has 1 aliphatic rings. The Bertz CT molecular complexity index is 210. The molecule has 1 aliphatic heterocycles. The van der Waals surface area contributed by atoms with Crippen molar-refractivity contribution >= 4 is 0 Å². The Hall–Kier alpha value is -0.640. The van der Waals surface area contributed by atoms with E-state index in [-0.39, 0.29) is 0 Å². The standard InChI is InChI=1S/C14H27N3/c1-4-7-16(8-5-2)9-6-10-17-13-11-15(3)12-14-17/h4-5H,1-2,6-14H2,3H3. The molecule has 0 aromatic rings. The third-order valence-corrected chi connectivity index (χ3v) is 3.32. The van der Waals surface area contributed by atoms with Gasteiger partial charge in [-0.3, -0.25) is 4.90 Å². The summed E-state index contributed by atoms with van der Waals surface area (Å²) in [4.78, 5) is 7.36. The normalized spacial score (nSPS) is 18.5. The fraction of sp³-hybridized carbons (Fsp3) is 0.714. The van der Waals surface area contributed by atoms with Crippen molar-refractivity contribution in [2.45, 2.75) is 6.42 Å². The highest BCUT2D eigenvalue weighted by Crippen LogP contribution is 2.01. The van der Waals surface area contributed by atoms with Crippen molar-refractivity contribution in [1.82, 2.24) is 14.7 Å². The fourth-order valence-corrected chi connectivity index (χ4v) is 2.21. The van der Waals surface area contributed by atoms with Crippen molar-refractivity contribution in [3.05, 3.63) is 25.3 Å². The van der Waals surface area contributed by atoms with Crippen molar-refractivity contribution in [2.24, 2.45) is 0 Å². The van der Waals surface area contributed by atoms with Gasteiger partial charge in [0.25, 0.3) is 0 Å². The van der Waals surface area contributed by atoms with E-state index in [0.29, 0.717) is 0 Å². The summed E-state index contributed by atoms with van der Waals surface area (Å²) >= 11 is 0. The van der Waals surface area contributed by atoms with Gasteiger partial charge in [0.1, 0.15) is 0 Å². The molecule has 0 atom stereocenters. The summed E-state index contributed by atoms with van der Waals surface area (Å²) in [6, 6.07) is 0. The van der Waals surface area contributed by atoms with Gasteiger partial charge < -0.3 is 9.80 Å². The zero-order chi connectivity index (χ0) is 12.5. The Morgan fingerprint density at radius 2 is 1.65 bits per heavy atom. The average molecular weight is 237 g/mol. The van der Waals surface area contributed by atoms with Crippen LogP contribution in [0.15, 0.2) is 25.3 Å². The fourth-order valence-electron chi connectivity index (χ4n) is 2.21. The predicted octanol–water partition coefficient (Wildman–Crippen LogP) is 1.30. The van der Waals surface area contributed by atoms with Crippen LogP contribution in [0.25, 0.3) is 0 Å². The third-order valence-electron chi connectivity index (χ3n) is 3.32. The lowest BCUT2D eigenvalue weighted by molar-refractivity contribution is 0.148. The Morgan fingerprint density at radius 3 is 2.18 bits per heavy atom. The van der Waals surface area contributed by atoms with Gasteiger partial charge in [0.2, 0.25) is 0 Å². The van der Waals surface area contributed by atoms with Crippen LogP contribution in [0.2, 0.25) is 0 Å². The first-order valence-corrected chi connectivity index (χ1v) is 6.61. The molecule has 3 heteroatoms. The lowest BCUT2D eigenvalue weighted by Crippen LogP contribution is -2.45. The number of rotatable bonds is 8. The van der Waals surface area contributed by atoms with E-state index >= 15 is 0 Å². The lowest BCUT2D eigenvalue weighted by atomic mass is 10.3. The second-order valence-corrected chi connectivity index (χ2v) is 4.84. The highest BCUT2D eigenvalue weighted by Gasteiger charge is 2.13. The molecule has 0 radical (unpaired) electrons. The van der Waals surface area contributed by atoms with E-state index < -0.39 is 0 Å². The van der Waals surface area contributed by atoms with Crippen LogP contribution in [0, 0.1) is 0 Å². The summed E-state index contributed by atoms with van der Waals surface area (Å²) in [7, 11) is 2.20. The molecule has 17 heavy (non-hydrogen) atoms.